The van der Waals surface area contributed by atoms with Gasteiger partial charge in [-0.3, -0.25) is 4.79 Å². The van der Waals surface area contributed by atoms with Crippen molar-refractivity contribution < 1.29 is 0 Å². The third-order valence-electron chi connectivity index (χ3n) is 1.79. The van der Waals surface area contributed by atoms with Crippen LogP contribution in [0, 0.1) is 0 Å². The molecule has 0 atom stereocenters. The van der Waals surface area contributed by atoms with Crippen LogP contribution >= 0.6 is 22.9 Å². The quantitative estimate of drug-likeness (QED) is 0.735. The summed E-state index contributed by atoms with van der Waals surface area (Å²) < 4.78 is 1.64. The summed E-state index contributed by atoms with van der Waals surface area (Å²) in [6, 6.07) is 3.60. The average Bonchev–Trinajstić information content (AvgIpc) is 2.52. The second-order valence-corrected chi connectivity index (χ2v) is 4.03. The molecule has 0 unspecified atom stereocenters. The van der Waals surface area contributed by atoms with Gasteiger partial charge in [-0.15, -0.1) is 0 Å². The van der Waals surface area contributed by atoms with Crippen LogP contribution in [0.5, 0.6) is 0 Å². The van der Waals surface area contributed by atoms with Crippen molar-refractivity contribution in [1.82, 2.24) is 9.55 Å². The number of hydrogen-bond donors (Lipinski definition) is 0. The number of pyridine rings is 1. The number of thiazole rings is 1. The van der Waals surface area contributed by atoms with Crippen LogP contribution in [-0.2, 0) is 6.54 Å². The first-order chi connectivity index (χ1) is 6.75. The molecule has 0 aliphatic heterocycles. The molecule has 0 bridgehead atoms. The molecule has 0 aromatic carbocycles. The molecule has 0 fully saturated rings. The zero-order chi connectivity index (χ0) is 9.97. The molecule has 0 N–H and O–H groups in total. The van der Waals surface area contributed by atoms with Crippen LogP contribution in [0.25, 0.3) is 0 Å². The van der Waals surface area contributed by atoms with E-state index in [4.69, 9.17) is 11.6 Å². The summed E-state index contributed by atoms with van der Waals surface area (Å²) in [5.74, 6) is 0. The van der Waals surface area contributed by atoms with E-state index in [0.717, 1.165) is 5.56 Å². The zero-order valence-corrected chi connectivity index (χ0v) is 8.76. The Morgan fingerprint density at radius 3 is 3.07 bits per heavy atom. The number of rotatable bonds is 2. The molecule has 0 spiro atoms. The van der Waals surface area contributed by atoms with Crippen molar-refractivity contribution in [3.8, 4) is 0 Å². The lowest BCUT2D eigenvalue weighted by Gasteiger charge is -2.00. The molecule has 14 heavy (non-hydrogen) atoms. The van der Waals surface area contributed by atoms with E-state index in [-0.39, 0.29) is 4.87 Å². The van der Waals surface area contributed by atoms with E-state index in [2.05, 4.69) is 4.98 Å². The molecule has 0 amide bonds. The monoisotopic (exact) mass is 226 g/mol. The normalized spacial score (nSPS) is 10.4. The van der Waals surface area contributed by atoms with Crippen molar-refractivity contribution in [1.29, 1.82) is 0 Å². The molecular weight excluding hydrogens is 220 g/mol. The maximum atomic E-state index is 11.2. The van der Waals surface area contributed by atoms with Crippen LogP contribution < -0.4 is 4.87 Å². The second-order valence-electron chi connectivity index (χ2n) is 2.78. The Bertz CT molecular complexity index is 491. The van der Waals surface area contributed by atoms with E-state index in [9.17, 15) is 4.79 Å². The number of hydrogen-bond acceptors (Lipinski definition) is 3. The Morgan fingerprint density at radius 2 is 2.43 bits per heavy atom. The third kappa shape index (κ3) is 2.02. The van der Waals surface area contributed by atoms with Gasteiger partial charge in [0.2, 0.25) is 0 Å². The predicted octanol–water partition coefficient (Wildman–Crippen LogP) is 2.01. The van der Waals surface area contributed by atoms with Crippen LogP contribution in [0.2, 0.25) is 5.15 Å². The molecule has 5 heteroatoms. The summed E-state index contributed by atoms with van der Waals surface area (Å²) >= 11 is 6.92. The molecule has 2 heterocycles. The van der Waals surface area contributed by atoms with Crippen molar-refractivity contribution in [2.45, 2.75) is 6.54 Å². The van der Waals surface area contributed by atoms with E-state index in [0.29, 0.717) is 11.7 Å². The van der Waals surface area contributed by atoms with Crippen molar-refractivity contribution in [3.63, 3.8) is 0 Å². The Balaban J connectivity index is 2.27. The maximum absolute atomic E-state index is 11.2. The van der Waals surface area contributed by atoms with Crippen LogP contribution in [0.15, 0.2) is 34.7 Å². The summed E-state index contributed by atoms with van der Waals surface area (Å²) in [6.07, 6.45) is 3.40. The van der Waals surface area contributed by atoms with E-state index in [1.54, 1.807) is 28.4 Å². The molecule has 2 aromatic rings. The summed E-state index contributed by atoms with van der Waals surface area (Å²) in [4.78, 5) is 15.2. The Hall–Kier alpha value is -1.13. The third-order valence-corrected chi connectivity index (χ3v) is 2.69. The van der Waals surface area contributed by atoms with Crippen LogP contribution in [0.4, 0.5) is 0 Å². The number of nitrogens with zero attached hydrogens (tertiary/aromatic N) is 2. The minimum Gasteiger partial charge on any atom is -0.302 e. The van der Waals surface area contributed by atoms with Crippen molar-refractivity contribution in [2.24, 2.45) is 0 Å². The lowest BCUT2D eigenvalue weighted by molar-refractivity contribution is 0.782. The molecule has 2 rings (SSSR count). The highest BCUT2D eigenvalue weighted by molar-refractivity contribution is 7.07. The predicted molar refractivity (Wildman–Crippen MR) is 56.9 cm³/mol. The first-order valence-electron chi connectivity index (χ1n) is 4.00. The Morgan fingerprint density at radius 1 is 1.57 bits per heavy atom. The molecule has 0 aliphatic carbocycles. The fourth-order valence-electron chi connectivity index (χ4n) is 1.15. The fourth-order valence-corrected chi connectivity index (χ4v) is 1.93. The highest BCUT2D eigenvalue weighted by atomic mass is 35.5. The summed E-state index contributed by atoms with van der Waals surface area (Å²) in [6.45, 7) is 0.546. The second kappa shape index (κ2) is 3.94. The molecular formula is C9H7ClN2OS. The standard InChI is InChI=1S/C9H7ClN2OS/c10-8-5-7(1-2-11-8)6-12-3-4-14-9(12)13/h1-5H,6H2. The van der Waals surface area contributed by atoms with Gasteiger partial charge in [0.05, 0.1) is 6.54 Å². The number of halogens is 1. The first kappa shape index (κ1) is 9.43. The zero-order valence-electron chi connectivity index (χ0n) is 7.18. The highest BCUT2D eigenvalue weighted by Crippen LogP contribution is 2.08. The van der Waals surface area contributed by atoms with Crippen molar-refractivity contribution >= 4 is 22.9 Å². The van der Waals surface area contributed by atoms with Crippen LogP contribution in [-0.4, -0.2) is 9.55 Å². The first-order valence-corrected chi connectivity index (χ1v) is 5.26. The van der Waals surface area contributed by atoms with Gasteiger partial charge in [0.25, 0.3) is 0 Å². The largest absolute Gasteiger partial charge is 0.307 e. The lowest BCUT2D eigenvalue weighted by atomic mass is 10.3. The van der Waals surface area contributed by atoms with E-state index in [1.807, 2.05) is 6.07 Å². The van der Waals surface area contributed by atoms with Gasteiger partial charge in [-0.25, -0.2) is 4.98 Å². The van der Waals surface area contributed by atoms with Gasteiger partial charge in [-0.05, 0) is 17.7 Å². The van der Waals surface area contributed by atoms with Gasteiger partial charge < -0.3 is 4.57 Å². The Labute approximate surface area is 89.6 Å². The van der Waals surface area contributed by atoms with E-state index in [1.165, 1.54) is 11.3 Å². The Kier molecular flexibility index (Phi) is 2.65. The SMILES string of the molecule is O=c1sccn1Cc1ccnc(Cl)c1. The highest BCUT2D eigenvalue weighted by Gasteiger charge is 1.99. The molecule has 0 aliphatic rings. The van der Waals surface area contributed by atoms with Crippen LogP contribution in [0.1, 0.15) is 5.56 Å². The molecule has 3 nitrogen and oxygen atoms in total. The molecule has 0 saturated heterocycles. The topological polar surface area (TPSA) is 34.9 Å². The van der Waals surface area contributed by atoms with Gasteiger partial charge >= 0.3 is 4.87 Å². The molecule has 0 saturated carbocycles. The van der Waals surface area contributed by atoms with Gasteiger partial charge in [-0.1, -0.05) is 22.9 Å². The van der Waals surface area contributed by atoms with Gasteiger partial charge in [0.15, 0.2) is 0 Å². The van der Waals surface area contributed by atoms with Crippen molar-refractivity contribution in [2.75, 3.05) is 0 Å². The number of aromatic nitrogens is 2. The minimum absolute atomic E-state index is 0.0398. The molecule has 72 valence electrons. The average molecular weight is 227 g/mol. The lowest BCUT2D eigenvalue weighted by Crippen LogP contribution is -2.12. The summed E-state index contributed by atoms with van der Waals surface area (Å²) in [7, 11) is 0. The van der Waals surface area contributed by atoms with Crippen LogP contribution in [0.3, 0.4) is 0 Å². The smallest absolute Gasteiger partial charge is 0.302 e. The van der Waals surface area contributed by atoms with Crippen molar-refractivity contribution in [3.05, 3.63) is 50.3 Å². The molecule has 2 aromatic heterocycles. The van der Waals surface area contributed by atoms with E-state index >= 15 is 0 Å². The summed E-state index contributed by atoms with van der Waals surface area (Å²) in [5, 5.41) is 2.22. The maximum Gasteiger partial charge on any atom is 0.307 e. The fraction of sp³-hybridized carbons (Fsp3) is 0.111. The van der Waals surface area contributed by atoms with Gasteiger partial charge in [0, 0.05) is 17.8 Å². The van der Waals surface area contributed by atoms with E-state index < -0.39 is 0 Å². The minimum atomic E-state index is 0.0398. The molecule has 0 radical (unpaired) electrons. The van der Waals surface area contributed by atoms with Gasteiger partial charge in [0.1, 0.15) is 5.15 Å². The van der Waals surface area contributed by atoms with Gasteiger partial charge in [-0.2, -0.15) is 0 Å². The summed E-state index contributed by atoms with van der Waals surface area (Å²) in [5.41, 5.74) is 0.977.